The average Bonchev–Trinajstić information content (AvgIpc) is 3.66. The number of nitrogens with zero attached hydrogens (tertiary/aromatic N) is 7. The van der Waals surface area contributed by atoms with Crippen molar-refractivity contribution in [1.82, 2.24) is 29.5 Å². The molecule has 0 bridgehead atoms. The average molecular weight is 626 g/mol. The molecule has 1 aliphatic heterocycles. The van der Waals surface area contributed by atoms with Gasteiger partial charge in [0.15, 0.2) is 17.3 Å². The van der Waals surface area contributed by atoms with Gasteiger partial charge in [0, 0.05) is 35.5 Å². The second-order valence-corrected chi connectivity index (χ2v) is 14.0. The SMILES string of the molecule is COc1ncnc(C2CC2)c1-c1ncc2c(n1)N(Cc1ccc(-c3nc(C(F)(F)F)cn3C(C)C)cc1)S(=O)(=O)C21CCC1. The molecular formula is C30H30F3N7O3S. The van der Waals surface area contributed by atoms with Gasteiger partial charge in [-0.1, -0.05) is 24.3 Å². The molecule has 0 atom stereocenters. The monoisotopic (exact) mass is 625 g/mol. The lowest BCUT2D eigenvalue weighted by atomic mass is 9.79. The van der Waals surface area contributed by atoms with E-state index in [1.54, 1.807) is 44.3 Å². The lowest BCUT2D eigenvalue weighted by Gasteiger charge is -2.37. The number of aromatic nitrogens is 6. The van der Waals surface area contributed by atoms with E-state index >= 15 is 0 Å². The van der Waals surface area contributed by atoms with E-state index in [2.05, 4.69) is 19.9 Å². The van der Waals surface area contributed by atoms with Crippen LogP contribution in [0.1, 0.15) is 80.4 Å². The fourth-order valence-corrected chi connectivity index (χ4v) is 8.46. The highest BCUT2D eigenvalue weighted by Gasteiger charge is 2.60. The lowest BCUT2D eigenvalue weighted by molar-refractivity contribution is -0.140. The van der Waals surface area contributed by atoms with E-state index in [9.17, 15) is 21.6 Å². The summed E-state index contributed by atoms with van der Waals surface area (Å²) in [4.78, 5) is 22.1. The summed E-state index contributed by atoms with van der Waals surface area (Å²) in [5.41, 5.74) is 2.11. The summed E-state index contributed by atoms with van der Waals surface area (Å²) < 4.78 is 75.8. The van der Waals surface area contributed by atoms with Gasteiger partial charge < -0.3 is 9.30 Å². The van der Waals surface area contributed by atoms with Crippen molar-refractivity contribution in [2.75, 3.05) is 11.4 Å². The maximum absolute atomic E-state index is 14.1. The van der Waals surface area contributed by atoms with Gasteiger partial charge >= 0.3 is 6.18 Å². The number of alkyl halides is 3. The second-order valence-electron chi connectivity index (χ2n) is 11.9. The molecule has 10 nitrogen and oxygen atoms in total. The summed E-state index contributed by atoms with van der Waals surface area (Å²) in [7, 11) is -2.33. The first-order valence-corrected chi connectivity index (χ1v) is 15.9. The number of rotatable bonds is 7. The fraction of sp³-hybridized carbons (Fsp3) is 0.433. The molecule has 44 heavy (non-hydrogen) atoms. The van der Waals surface area contributed by atoms with Crippen molar-refractivity contribution in [1.29, 1.82) is 0 Å². The Hall–Kier alpha value is -4.07. The summed E-state index contributed by atoms with van der Waals surface area (Å²) in [5.74, 6) is 1.38. The minimum Gasteiger partial charge on any atom is -0.480 e. The van der Waals surface area contributed by atoms with Gasteiger partial charge in [-0.25, -0.2) is 37.6 Å². The first-order valence-electron chi connectivity index (χ1n) is 14.5. The van der Waals surface area contributed by atoms with Crippen molar-refractivity contribution in [2.24, 2.45) is 0 Å². The van der Waals surface area contributed by atoms with Crippen LogP contribution in [0, 0.1) is 0 Å². The third-order valence-corrected chi connectivity index (χ3v) is 11.3. The molecule has 0 radical (unpaired) electrons. The molecule has 0 saturated heterocycles. The second kappa shape index (κ2) is 9.98. The molecule has 2 fully saturated rings. The highest BCUT2D eigenvalue weighted by atomic mass is 32.2. The Labute approximate surface area is 252 Å². The largest absolute Gasteiger partial charge is 0.480 e. The number of fused-ring (bicyclic) bond motifs is 2. The Morgan fingerprint density at radius 3 is 2.39 bits per heavy atom. The quantitative estimate of drug-likeness (QED) is 0.245. The van der Waals surface area contributed by atoms with Gasteiger partial charge in [0.25, 0.3) is 0 Å². The maximum Gasteiger partial charge on any atom is 0.434 e. The number of halogens is 3. The molecule has 1 spiro atoms. The van der Waals surface area contributed by atoms with Crippen LogP contribution >= 0.6 is 0 Å². The molecule has 2 aliphatic carbocycles. The van der Waals surface area contributed by atoms with Crippen LogP contribution in [-0.2, 0) is 27.5 Å². The maximum atomic E-state index is 14.1. The van der Waals surface area contributed by atoms with Crippen LogP contribution in [0.15, 0.2) is 43.0 Å². The van der Waals surface area contributed by atoms with Gasteiger partial charge in [0.05, 0.1) is 19.3 Å². The molecule has 3 aliphatic rings. The van der Waals surface area contributed by atoms with E-state index in [-0.39, 0.29) is 24.3 Å². The van der Waals surface area contributed by atoms with Gasteiger partial charge in [0.2, 0.25) is 15.9 Å². The van der Waals surface area contributed by atoms with Crippen LogP contribution in [0.4, 0.5) is 19.0 Å². The van der Waals surface area contributed by atoms with Crippen LogP contribution in [0.3, 0.4) is 0 Å². The molecule has 0 unspecified atom stereocenters. The van der Waals surface area contributed by atoms with Gasteiger partial charge in [-0.15, -0.1) is 0 Å². The summed E-state index contributed by atoms with van der Waals surface area (Å²) in [6.07, 6.45) is 3.19. The summed E-state index contributed by atoms with van der Waals surface area (Å²) >= 11 is 0. The minimum atomic E-state index is -4.57. The predicted octanol–water partition coefficient (Wildman–Crippen LogP) is 6.01. The van der Waals surface area contributed by atoms with Crippen LogP contribution in [-0.4, -0.2) is 45.0 Å². The van der Waals surface area contributed by atoms with E-state index in [4.69, 9.17) is 9.72 Å². The first-order chi connectivity index (χ1) is 20.9. The molecule has 1 aromatic carbocycles. The van der Waals surface area contributed by atoms with Gasteiger partial charge in [-0.3, -0.25) is 0 Å². The first kappa shape index (κ1) is 28.7. The molecule has 0 N–H and O–H groups in total. The Bertz CT molecular complexity index is 1870. The van der Waals surface area contributed by atoms with Gasteiger partial charge in [0.1, 0.15) is 22.5 Å². The molecule has 230 valence electrons. The van der Waals surface area contributed by atoms with Crippen LogP contribution in [0.5, 0.6) is 5.88 Å². The number of hydrogen-bond donors (Lipinski definition) is 0. The zero-order chi connectivity index (χ0) is 31.0. The zero-order valence-corrected chi connectivity index (χ0v) is 25.2. The molecule has 4 heterocycles. The van der Waals surface area contributed by atoms with E-state index in [1.807, 2.05) is 0 Å². The summed E-state index contributed by atoms with van der Waals surface area (Å²) in [6, 6.07) is 6.51. The number of sulfonamides is 1. The summed E-state index contributed by atoms with van der Waals surface area (Å²) in [5, 5.41) is 0. The number of hydrogen-bond acceptors (Lipinski definition) is 8. The molecular weight excluding hydrogens is 595 g/mol. The van der Waals surface area contributed by atoms with E-state index in [1.165, 1.54) is 22.3 Å². The zero-order valence-electron chi connectivity index (χ0n) is 24.3. The molecule has 14 heteroatoms. The van der Waals surface area contributed by atoms with E-state index < -0.39 is 26.6 Å². The third-order valence-electron chi connectivity index (χ3n) is 8.78. The van der Waals surface area contributed by atoms with Crippen molar-refractivity contribution in [3.05, 3.63) is 65.5 Å². The number of imidazole rings is 1. The Morgan fingerprint density at radius 2 is 1.80 bits per heavy atom. The normalized spacial score (nSPS) is 18.5. The van der Waals surface area contributed by atoms with Crippen LogP contribution in [0.25, 0.3) is 22.8 Å². The smallest absolute Gasteiger partial charge is 0.434 e. The standard InChI is InChI=1S/C30H30F3N7O3S/c1-17(2)39-15-22(30(31,32)33)37-26(39)20-7-5-18(6-8-20)14-40-27-21(29(11-4-12-29)44(40,41)42)13-34-25(38-27)23-24(19-9-10-19)35-16-36-28(23)43-3/h5-8,13,15-17,19H,4,9-12,14H2,1-3H3. The van der Waals surface area contributed by atoms with Crippen molar-refractivity contribution >= 4 is 15.8 Å². The van der Waals surface area contributed by atoms with E-state index in [0.29, 0.717) is 52.6 Å². The van der Waals surface area contributed by atoms with Crippen molar-refractivity contribution in [3.63, 3.8) is 0 Å². The molecule has 7 rings (SSSR count). The Kier molecular flexibility index (Phi) is 6.50. The van der Waals surface area contributed by atoms with Crippen molar-refractivity contribution in [2.45, 2.75) is 75.4 Å². The minimum absolute atomic E-state index is 0.00184. The summed E-state index contributed by atoms with van der Waals surface area (Å²) in [6.45, 7) is 3.57. The highest BCUT2D eigenvalue weighted by Crippen LogP contribution is 2.58. The Balaban J connectivity index is 1.27. The van der Waals surface area contributed by atoms with Gasteiger partial charge in [-0.05, 0) is 51.5 Å². The molecule has 2 saturated carbocycles. The fourth-order valence-electron chi connectivity index (χ4n) is 6.13. The van der Waals surface area contributed by atoms with Crippen LogP contribution in [0.2, 0.25) is 0 Å². The molecule has 3 aromatic heterocycles. The van der Waals surface area contributed by atoms with Crippen molar-refractivity contribution < 1.29 is 26.3 Å². The Morgan fingerprint density at radius 1 is 1.07 bits per heavy atom. The number of methoxy groups -OCH3 is 1. The van der Waals surface area contributed by atoms with Gasteiger partial charge in [-0.2, -0.15) is 13.2 Å². The topological polar surface area (TPSA) is 116 Å². The molecule has 0 amide bonds. The van der Waals surface area contributed by atoms with Crippen LogP contribution < -0.4 is 9.04 Å². The lowest BCUT2D eigenvalue weighted by Crippen LogP contribution is -2.44. The third kappa shape index (κ3) is 4.36. The highest BCUT2D eigenvalue weighted by molar-refractivity contribution is 7.94. The number of ether oxygens (including phenoxy) is 1. The predicted molar refractivity (Wildman–Crippen MR) is 155 cm³/mol. The molecule has 4 aromatic rings. The number of anilines is 1. The van der Waals surface area contributed by atoms with E-state index in [0.717, 1.165) is 31.2 Å². The van der Waals surface area contributed by atoms with Crippen molar-refractivity contribution in [3.8, 4) is 28.7 Å². The number of benzene rings is 1.